The summed E-state index contributed by atoms with van der Waals surface area (Å²) >= 11 is 0.788. The van der Waals surface area contributed by atoms with Crippen LogP contribution in [0.15, 0.2) is 46.8 Å². The molecule has 0 saturated carbocycles. The number of benzene rings is 1. The highest BCUT2D eigenvalue weighted by Gasteiger charge is 2.34. The van der Waals surface area contributed by atoms with Crippen molar-refractivity contribution in [2.24, 2.45) is 0 Å². The van der Waals surface area contributed by atoms with E-state index in [9.17, 15) is 27.6 Å². The zero-order valence-corrected chi connectivity index (χ0v) is 24.2. The first-order valence-electron chi connectivity index (χ1n) is 13.0. The summed E-state index contributed by atoms with van der Waals surface area (Å²) in [7, 11) is 3.80. The molecule has 0 aliphatic rings. The van der Waals surface area contributed by atoms with Gasteiger partial charge in [0.05, 0.1) is 12.1 Å². The molecule has 1 aromatic carbocycles. The number of anilines is 1. The van der Waals surface area contributed by atoms with E-state index in [1.54, 1.807) is 36.6 Å². The Balaban J connectivity index is 1.91. The van der Waals surface area contributed by atoms with Gasteiger partial charge in [0.25, 0.3) is 0 Å². The molecule has 3 aromatic heterocycles. The molecule has 42 heavy (non-hydrogen) atoms. The molecule has 0 radical (unpaired) electrons. The fraction of sp³-hybridized carbons (Fsp3) is 0.321. The molecule has 2 amide bonds. The van der Waals surface area contributed by atoms with Gasteiger partial charge in [0.1, 0.15) is 16.4 Å². The number of amides is 2. The number of hydrogen-bond acceptors (Lipinski definition) is 8. The predicted molar refractivity (Wildman–Crippen MR) is 155 cm³/mol. The smallest absolute Gasteiger partial charge is 0.434 e. The molecule has 0 atom stereocenters. The molecule has 3 heterocycles. The quantitative estimate of drug-likeness (QED) is 0.257. The lowest BCUT2D eigenvalue weighted by molar-refractivity contribution is -0.140. The fourth-order valence-electron chi connectivity index (χ4n) is 4.19. The molecule has 10 nitrogen and oxygen atoms in total. The van der Waals surface area contributed by atoms with Crippen LogP contribution in [-0.4, -0.2) is 65.2 Å². The molecule has 0 saturated heterocycles. The number of nitrogens with zero attached hydrogens (tertiary/aromatic N) is 4. The van der Waals surface area contributed by atoms with E-state index in [0.29, 0.717) is 36.3 Å². The van der Waals surface area contributed by atoms with Crippen LogP contribution in [0.1, 0.15) is 29.9 Å². The number of urea groups is 1. The van der Waals surface area contributed by atoms with Gasteiger partial charge in [0.15, 0.2) is 5.69 Å². The summed E-state index contributed by atoms with van der Waals surface area (Å²) in [6.45, 7) is 4.92. The Kier molecular flexibility index (Phi) is 9.27. The number of esters is 1. The molecule has 14 heteroatoms. The average Bonchev–Trinajstić information content (AvgIpc) is 3.44. The minimum atomic E-state index is -4.64. The number of likely N-dealkylation sites (N-methyl/N-ethyl adjacent to an activating group) is 1. The predicted octanol–water partition coefficient (Wildman–Crippen LogP) is 5.09. The molecule has 0 spiro atoms. The monoisotopic (exact) mass is 602 g/mol. The van der Waals surface area contributed by atoms with Crippen molar-refractivity contribution in [3.8, 4) is 21.7 Å². The average molecular weight is 603 g/mol. The van der Waals surface area contributed by atoms with Gasteiger partial charge in [-0.15, -0.1) is 11.3 Å². The van der Waals surface area contributed by atoms with E-state index in [-0.39, 0.29) is 33.9 Å². The van der Waals surface area contributed by atoms with Crippen LogP contribution in [0, 0.1) is 0 Å². The Labute approximate surface area is 243 Å². The number of ether oxygens (including phenoxy) is 1. The standard InChI is InChI=1S/C28H29F3N6O4S/c1-5-32-27(40)35-23-12-17(25-34-22(15-42-25)28(29,30)31)19(13-33-23)16-7-8-21-18(11-16)24(38)20(26(39)41-6-2)14-37(21)10-9-36(3)4/h7-8,11-15H,5-6,9-10H2,1-4H3,(H2,32,33,35,40). The zero-order chi connectivity index (χ0) is 30.6. The van der Waals surface area contributed by atoms with Crippen LogP contribution >= 0.6 is 11.3 Å². The van der Waals surface area contributed by atoms with Crippen LogP contribution in [-0.2, 0) is 17.5 Å². The Hall–Kier alpha value is -4.30. The Morgan fingerprint density at radius 3 is 2.55 bits per heavy atom. The van der Waals surface area contributed by atoms with Crippen molar-refractivity contribution in [1.82, 2.24) is 24.8 Å². The van der Waals surface area contributed by atoms with E-state index >= 15 is 0 Å². The molecular formula is C28H29F3N6O4S. The van der Waals surface area contributed by atoms with E-state index in [0.717, 1.165) is 16.7 Å². The molecule has 0 bridgehead atoms. The van der Waals surface area contributed by atoms with E-state index in [1.807, 2.05) is 19.0 Å². The third kappa shape index (κ3) is 6.77. The van der Waals surface area contributed by atoms with Gasteiger partial charge in [-0.05, 0) is 51.7 Å². The maximum atomic E-state index is 13.5. The van der Waals surface area contributed by atoms with E-state index < -0.39 is 29.3 Å². The second-order valence-electron chi connectivity index (χ2n) is 9.46. The van der Waals surface area contributed by atoms with Crippen LogP contribution in [0.2, 0.25) is 0 Å². The number of halogens is 3. The van der Waals surface area contributed by atoms with Gasteiger partial charge in [-0.1, -0.05) is 6.07 Å². The van der Waals surface area contributed by atoms with Gasteiger partial charge in [0.2, 0.25) is 5.43 Å². The summed E-state index contributed by atoms with van der Waals surface area (Å²) in [5.74, 6) is -0.654. The van der Waals surface area contributed by atoms with Crippen molar-refractivity contribution in [3.05, 3.63) is 63.5 Å². The number of carbonyl (C=O) groups excluding carboxylic acids is 2. The summed E-state index contributed by atoms with van der Waals surface area (Å²) in [6.07, 6.45) is -1.77. The van der Waals surface area contributed by atoms with Crippen LogP contribution in [0.25, 0.3) is 32.6 Å². The fourth-order valence-corrected chi connectivity index (χ4v) is 5.05. The van der Waals surface area contributed by atoms with Gasteiger partial charge in [-0.3, -0.25) is 10.1 Å². The number of carbonyl (C=O) groups is 2. The first-order chi connectivity index (χ1) is 19.9. The van der Waals surface area contributed by atoms with Gasteiger partial charge >= 0.3 is 18.2 Å². The van der Waals surface area contributed by atoms with Crippen molar-refractivity contribution in [2.45, 2.75) is 26.6 Å². The maximum absolute atomic E-state index is 13.5. The minimum absolute atomic E-state index is 0.0439. The number of hydrogen-bond donors (Lipinski definition) is 2. The third-order valence-electron chi connectivity index (χ3n) is 6.18. The largest absolute Gasteiger partial charge is 0.462 e. The highest BCUT2D eigenvalue weighted by Crippen LogP contribution is 2.39. The number of pyridine rings is 2. The van der Waals surface area contributed by atoms with Crippen LogP contribution in [0.3, 0.4) is 0 Å². The molecule has 4 aromatic rings. The topological polar surface area (TPSA) is 118 Å². The van der Waals surface area contributed by atoms with Crippen molar-refractivity contribution in [3.63, 3.8) is 0 Å². The molecular weight excluding hydrogens is 573 g/mol. The zero-order valence-electron chi connectivity index (χ0n) is 23.3. The van der Waals surface area contributed by atoms with E-state index in [2.05, 4.69) is 20.6 Å². The first-order valence-corrected chi connectivity index (χ1v) is 13.9. The molecule has 0 aliphatic carbocycles. The minimum Gasteiger partial charge on any atom is -0.462 e. The Bertz CT molecular complexity index is 1680. The number of fused-ring (bicyclic) bond motifs is 1. The lowest BCUT2D eigenvalue weighted by Gasteiger charge is -2.17. The summed E-state index contributed by atoms with van der Waals surface area (Å²) in [5, 5.41) is 6.30. The van der Waals surface area contributed by atoms with Crippen LogP contribution in [0.4, 0.5) is 23.8 Å². The number of nitrogens with one attached hydrogen (secondary N) is 2. The van der Waals surface area contributed by atoms with Crippen molar-refractivity contribution >= 4 is 40.1 Å². The second-order valence-corrected chi connectivity index (χ2v) is 10.3. The number of rotatable bonds is 9. The summed E-state index contributed by atoms with van der Waals surface area (Å²) in [4.78, 5) is 48.3. The lowest BCUT2D eigenvalue weighted by atomic mass is 9.99. The van der Waals surface area contributed by atoms with Crippen molar-refractivity contribution in [1.29, 1.82) is 0 Å². The van der Waals surface area contributed by atoms with Gasteiger partial charge in [-0.2, -0.15) is 13.2 Å². The van der Waals surface area contributed by atoms with Crippen molar-refractivity contribution < 1.29 is 27.5 Å². The molecule has 0 unspecified atom stereocenters. The van der Waals surface area contributed by atoms with E-state index in [4.69, 9.17) is 4.74 Å². The second kappa shape index (κ2) is 12.7. The Morgan fingerprint density at radius 1 is 1.14 bits per heavy atom. The molecule has 2 N–H and O–H groups in total. The summed E-state index contributed by atoms with van der Waals surface area (Å²) < 4.78 is 47.1. The summed E-state index contributed by atoms with van der Waals surface area (Å²) in [6, 6.07) is 5.90. The molecule has 4 rings (SSSR count). The SMILES string of the molecule is CCNC(=O)Nc1cc(-c2nc(C(F)(F)F)cs2)c(-c2ccc3c(c2)c(=O)c(C(=O)OCC)cn3CCN(C)C)cn1. The van der Waals surface area contributed by atoms with E-state index in [1.165, 1.54) is 18.5 Å². The number of thiazole rings is 1. The molecule has 222 valence electrons. The highest BCUT2D eigenvalue weighted by molar-refractivity contribution is 7.13. The number of alkyl halides is 3. The molecule has 0 aliphatic heterocycles. The Morgan fingerprint density at radius 2 is 1.90 bits per heavy atom. The van der Waals surface area contributed by atoms with Crippen molar-refractivity contribution in [2.75, 3.05) is 39.1 Å². The first kappa shape index (κ1) is 30.7. The number of aromatic nitrogens is 3. The lowest BCUT2D eigenvalue weighted by Crippen LogP contribution is -2.28. The normalized spacial score (nSPS) is 11.6. The molecule has 0 fully saturated rings. The third-order valence-corrected chi connectivity index (χ3v) is 7.06. The van der Waals surface area contributed by atoms with Crippen LogP contribution < -0.4 is 16.1 Å². The van der Waals surface area contributed by atoms with Gasteiger partial charge in [-0.25, -0.2) is 19.6 Å². The van der Waals surface area contributed by atoms with Crippen LogP contribution in [0.5, 0.6) is 0 Å². The highest BCUT2D eigenvalue weighted by atomic mass is 32.1. The van der Waals surface area contributed by atoms with Gasteiger partial charge in [0, 0.05) is 53.9 Å². The maximum Gasteiger partial charge on any atom is 0.434 e. The summed E-state index contributed by atoms with van der Waals surface area (Å²) in [5.41, 5.74) is -0.0519. The van der Waals surface area contributed by atoms with Gasteiger partial charge < -0.3 is 19.5 Å².